The highest BCUT2D eigenvalue weighted by atomic mass is 16.4. The second-order valence-electron chi connectivity index (χ2n) is 2.64. The van der Waals surface area contributed by atoms with E-state index < -0.39 is 5.97 Å². The number of carboxylic acids is 1. The molecule has 0 aliphatic carbocycles. The molecule has 4 nitrogen and oxygen atoms in total. The molecule has 0 aliphatic heterocycles. The zero-order valence-corrected chi connectivity index (χ0v) is 6.37. The van der Waals surface area contributed by atoms with E-state index in [-0.39, 0.29) is 12.3 Å². The minimum absolute atomic E-state index is 0.118. The molecule has 0 aliphatic rings. The van der Waals surface area contributed by atoms with E-state index in [1.54, 1.807) is 7.05 Å². The Labute approximate surface area is 60.6 Å². The zero-order chi connectivity index (χ0) is 8.15. The van der Waals surface area contributed by atoms with Gasteiger partial charge in [0.25, 0.3) is 0 Å². The molecule has 0 aromatic carbocycles. The first kappa shape index (κ1) is 9.39. The Kier molecular flexibility index (Phi) is 3.99. The largest absolute Gasteiger partial charge is 0.481 e. The molecule has 0 bridgehead atoms. The summed E-state index contributed by atoms with van der Waals surface area (Å²) in [6.45, 7) is 2.48. The van der Waals surface area contributed by atoms with Crippen LogP contribution in [0.25, 0.3) is 0 Å². The number of nitrogens with zero attached hydrogens (tertiary/aromatic N) is 1. The third kappa shape index (κ3) is 5.53. The third-order valence-corrected chi connectivity index (χ3v) is 1.12. The summed E-state index contributed by atoms with van der Waals surface area (Å²) in [6, 6.07) is 0. The maximum Gasteiger partial charge on any atom is 0.303 e. The Morgan fingerprint density at radius 1 is 1.80 bits per heavy atom. The van der Waals surface area contributed by atoms with Crippen LogP contribution in [0.5, 0.6) is 0 Å². The summed E-state index contributed by atoms with van der Waals surface area (Å²) in [4.78, 5) is 10.1. The van der Waals surface area contributed by atoms with Crippen molar-refractivity contribution in [2.75, 3.05) is 13.6 Å². The van der Waals surface area contributed by atoms with Gasteiger partial charge in [0.05, 0.1) is 0 Å². The van der Waals surface area contributed by atoms with Crippen LogP contribution in [0.2, 0.25) is 0 Å². The van der Waals surface area contributed by atoms with Crippen molar-refractivity contribution in [3.05, 3.63) is 0 Å². The molecular weight excluding hydrogens is 132 g/mol. The molecule has 0 amide bonds. The average molecular weight is 146 g/mol. The van der Waals surface area contributed by atoms with Crippen molar-refractivity contribution < 1.29 is 9.90 Å². The highest BCUT2D eigenvalue weighted by Crippen LogP contribution is 2.00. The first-order valence-electron chi connectivity index (χ1n) is 3.20. The van der Waals surface area contributed by atoms with Crippen LogP contribution in [0, 0.1) is 5.92 Å². The molecule has 1 unspecified atom stereocenters. The SMILES string of the molecule is CC(CC(=O)O)CN(C)N. The summed E-state index contributed by atoms with van der Waals surface area (Å²) in [7, 11) is 1.72. The average Bonchev–Trinajstić information content (AvgIpc) is 1.58. The predicted octanol–water partition coefficient (Wildman–Crippen LogP) is -0.0973. The lowest BCUT2D eigenvalue weighted by atomic mass is 10.1. The third-order valence-electron chi connectivity index (χ3n) is 1.12. The molecule has 1 atom stereocenters. The van der Waals surface area contributed by atoms with Crippen molar-refractivity contribution in [1.82, 2.24) is 5.01 Å². The van der Waals surface area contributed by atoms with Gasteiger partial charge in [-0.3, -0.25) is 10.6 Å². The fourth-order valence-electron chi connectivity index (χ4n) is 0.854. The number of hydrogen-bond donors (Lipinski definition) is 2. The monoisotopic (exact) mass is 146 g/mol. The number of hydrogen-bond acceptors (Lipinski definition) is 3. The lowest BCUT2D eigenvalue weighted by Crippen LogP contribution is -2.31. The molecule has 3 N–H and O–H groups in total. The Morgan fingerprint density at radius 2 is 2.30 bits per heavy atom. The molecule has 0 rings (SSSR count). The van der Waals surface area contributed by atoms with E-state index in [0.717, 1.165) is 0 Å². The Hall–Kier alpha value is -0.610. The molecule has 0 spiro atoms. The Bertz CT molecular complexity index is 114. The van der Waals surface area contributed by atoms with Crippen molar-refractivity contribution in [3.63, 3.8) is 0 Å². The van der Waals surface area contributed by atoms with Gasteiger partial charge in [0.15, 0.2) is 0 Å². The van der Waals surface area contributed by atoms with Crippen molar-refractivity contribution in [1.29, 1.82) is 0 Å². The van der Waals surface area contributed by atoms with E-state index in [1.807, 2.05) is 6.92 Å². The van der Waals surface area contributed by atoms with Crippen LogP contribution in [0.4, 0.5) is 0 Å². The van der Waals surface area contributed by atoms with Crippen LogP contribution >= 0.6 is 0 Å². The second kappa shape index (κ2) is 4.24. The van der Waals surface area contributed by atoms with Gasteiger partial charge in [-0.1, -0.05) is 6.92 Å². The Balaban J connectivity index is 3.43. The van der Waals surface area contributed by atoms with Crippen LogP contribution in [0.15, 0.2) is 0 Å². The van der Waals surface area contributed by atoms with Crippen LogP contribution in [0.1, 0.15) is 13.3 Å². The smallest absolute Gasteiger partial charge is 0.303 e. The minimum atomic E-state index is -0.769. The van der Waals surface area contributed by atoms with Gasteiger partial charge in [-0.05, 0) is 5.92 Å². The molecule has 60 valence electrons. The highest BCUT2D eigenvalue weighted by Gasteiger charge is 2.07. The molecule has 0 aromatic rings. The molecule has 0 fully saturated rings. The van der Waals surface area contributed by atoms with Crippen LogP contribution in [-0.2, 0) is 4.79 Å². The maximum atomic E-state index is 10.1. The number of rotatable bonds is 4. The molecule has 10 heavy (non-hydrogen) atoms. The van der Waals surface area contributed by atoms with E-state index in [0.29, 0.717) is 6.54 Å². The van der Waals surface area contributed by atoms with Gasteiger partial charge in [0.1, 0.15) is 0 Å². The highest BCUT2D eigenvalue weighted by molar-refractivity contribution is 5.66. The summed E-state index contributed by atoms with van der Waals surface area (Å²) in [5.74, 6) is 4.66. The van der Waals surface area contributed by atoms with Crippen molar-refractivity contribution in [2.24, 2.45) is 11.8 Å². The molecule has 4 heteroatoms. The van der Waals surface area contributed by atoms with Gasteiger partial charge < -0.3 is 5.11 Å². The second-order valence-corrected chi connectivity index (χ2v) is 2.64. The first-order valence-corrected chi connectivity index (χ1v) is 3.20. The molecule has 0 saturated carbocycles. The topological polar surface area (TPSA) is 66.6 Å². The van der Waals surface area contributed by atoms with E-state index >= 15 is 0 Å². The van der Waals surface area contributed by atoms with E-state index in [2.05, 4.69) is 0 Å². The normalized spacial score (nSPS) is 13.6. The lowest BCUT2D eigenvalue weighted by molar-refractivity contribution is -0.138. The first-order chi connectivity index (χ1) is 4.52. The lowest BCUT2D eigenvalue weighted by Gasteiger charge is -2.13. The van der Waals surface area contributed by atoms with Crippen molar-refractivity contribution in [2.45, 2.75) is 13.3 Å². The molecular formula is C6H14N2O2. The summed E-state index contributed by atoms with van der Waals surface area (Å²) in [6.07, 6.45) is 0.182. The van der Waals surface area contributed by atoms with Gasteiger partial charge in [-0.25, -0.2) is 5.01 Å². The summed E-state index contributed by atoms with van der Waals surface area (Å²) < 4.78 is 0. The standard InChI is InChI=1S/C6H14N2O2/c1-5(3-6(9)10)4-8(2)7/h5H,3-4,7H2,1-2H3,(H,9,10). The molecule has 0 saturated heterocycles. The van der Waals surface area contributed by atoms with Gasteiger partial charge in [0, 0.05) is 20.0 Å². The zero-order valence-electron chi connectivity index (χ0n) is 6.37. The number of carboxylic acid groups (broad SMARTS) is 1. The van der Waals surface area contributed by atoms with Crippen molar-refractivity contribution >= 4 is 5.97 Å². The van der Waals surface area contributed by atoms with Gasteiger partial charge in [-0.15, -0.1) is 0 Å². The van der Waals surface area contributed by atoms with Crippen LogP contribution < -0.4 is 5.84 Å². The van der Waals surface area contributed by atoms with E-state index in [9.17, 15) is 4.79 Å². The van der Waals surface area contributed by atoms with Crippen LogP contribution in [-0.4, -0.2) is 29.7 Å². The van der Waals surface area contributed by atoms with Gasteiger partial charge >= 0.3 is 5.97 Å². The molecule has 0 heterocycles. The van der Waals surface area contributed by atoms with Gasteiger partial charge in [-0.2, -0.15) is 0 Å². The summed E-state index contributed by atoms with van der Waals surface area (Å²) in [5, 5.41) is 9.83. The molecule has 0 radical (unpaired) electrons. The summed E-state index contributed by atoms with van der Waals surface area (Å²) in [5.41, 5.74) is 0. The maximum absolute atomic E-state index is 10.1. The van der Waals surface area contributed by atoms with E-state index in [1.165, 1.54) is 5.01 Å². The quantitative estimate of drug-likeness (QED) is 0.429. The van der Waals surface area contributed by atoms with Gasteiger partial charge in [0.2, 0.25) is 0 Å². The number of carbonyl (C=O) groups is 1. The number of hydrazine groups is 1. The summed E-state index contributed by atoms with van der Waals surface area (Å²) >= 11 is 0. The number of aliphatic carboxylic acids is 1. The minimum Gasteiger partial charge on any atom is -0.481 e. The number of nitrogens with two attached hydrogens (primary N) is 1. The Morgan fingerprint density at radius 3 is 2.60 bits per heavy atom. The van der Waals surface area contributed by atoms with E-state index in [4.69, 9.17) is 10.9 Å². The fourth-order valence-corrected chi connectivity index (χ4v) is 0.854. The predicted molar refractivity (Wildman–Crippen MR) is 38.2 cm³/mol. The fraction of sp³-hybridized carbons (Fsp3) is 0.833. The molecule has 0 aromatic heterocycles. The van der Waals surface area contributed by atoms with Crippen molar-refractivity contribution in [3.8, 4) is 0 Å². The van der Waals surface area contributed by atoms with Crippen LogP contribution in [0.3, 0.4) is 0 Å².